The monoisotopic (exact) mass is 314 g/mol. The van der Waals surface area contributed by atoms with Gasteiger partial charge in [0.25, 0.3) is 0 Å². The van der Waals surface area contributed by atoms with Crippen LogP contribution in [0.5, 0.6) is 0 Å². The topological polar surface area (TPSA) is 43.8 Å². The summed E-state index contributed by atoms with van der Waals surface area (Å²) in [6.45, 7) is 2.98. The van der Waals surface area contributed by atoms with Crippen molar-refractivity contribution in [3.05, 3.63) is 35.4 Å². The maximum absolute atomic E-state index is 12.3. The van der Waals surface area contributed by atoms with Gasteiger partial charge in [-0.25, -0.2) is 0 Å². The second-order valence-corrected chi connectivity index (χ2v) is 7.40. The van der Waals surface area contributed by atoms with Crippen molar-refractivity contribution in [3.8, 4) is 0 Å². The van der Waals surface area contributed by atoms with E-state index < -0.39 is 0 Å². The molecule has 5 rings (SSSR count). The van der Waals surface area contributed by atoms with Gasteiger partial charge in [0.2, 0.25) is 5.91 Å². The Morgan fingerprint density at radius 2 is 1.78 bits per heavy atom. The molecule has 1 aliphatic carbocycles. The standard InChI is InChI=1S/C19H26N2O2/c22-8-7-19(23)21-12-14-5-6-17(21)13-20(11-14)18-9-15-3-1-2-4-16(15)10-18/h1-4,14,17-18,22H,5-13H2/t14-,17+/m1/s1. The first-order valence-electron chi connectivity index (χ1n) is 8.95. The van der Waals surface area contributed by atoms with Gasteiger partial charge >= 0.3 is 0 Å². The van der Waals surface area contributed by atoms with E-state index in [0.29, 0.717) is 18.0 Å². The van der Waals surface area contributed by atoms with Crippen molar-refractivity contribution in [3.63, 3.8) is 0 Å². The van der Waals surface area contributed by atoms with Gasteiger partial charge < -0.3 is 10.0 Å². The first-order valence-corrected chi connectivity index (χ1v) is 8.95. The highest BCUT2D eigenvalue weighted by molar-refractivity contribution is 5.76. The van der Waals surface area contributed by atoms with Crippen LogP contribution in [0.1, 0.15) is 30.4 Å². The highest BCUT2D eigenvalue weighted by atomic mass is 16.3. The second kappa shape index (κ2) is 6.25. The molecule has 0 spiro atoms. The number of carbonyl (C=O) groups is 1. The van der Waals surface area contributed by atoms with Gasteiger partial charge in [-0.3, -0.25) is 9.69 Å². The van der Waals surface area contributed by atoms with Crippen molar-refractivity contribution in [2.24, 2.45) is 5.92 Å². The smallest absolute Gasteiger partial charge is 0.225 e. The summed E-state index contributed by atoms with van der Waals surface area (Å²) in [5.41, 5.74) is 3.00. The Labute approximate surface area is 138 Å². The molecule has 4 nitrogen and oxygen atoms in total. The second-order valence-electron chi connectivity index (χ2n) is 7.40. The van der Waals surface area contributed by atoms with Crippen LogP contribution in [0.3, 0.4) is 0 Å². The molecule has 1 aromatic carbocycles. The van der Waals surface area contributed by atoms with Crippen LogP contribution in [-0.2, 0) is 17.6 Å². The molecule has 1 amide bonds. The van der Waals surface area contributed by atoms with Crippen molar-refractivity contribution in [1.29, 1.82) is 0 Å². The van der Waals surface area contributed by atoms with Crippen LogP contribution in [-0.4, -0.2) is 59.1 Å². The van der Waals surface area contributed by atoms with E-state index in [9.17, 15) is 4.79 Å². The number of hydrogen-bond donors (Lipinski definition) is 1. The normalized spacial score (nSPS) is 28.0. The minimum Gasteiger partial charge on any atom is -0.396 e. The van der Waals surface area contributed by atoms with Crippen molar-refractivity contribution < 1.29 is 9.90 Å². The minimum absolute atomic E-state index is 0.0334. The fourth-order valence-corrected chi connectivity index (χ4v) is 4.75. The molecule has 124 valence electrons. The van der Waals surface area contributed by atoms with E-state index >= 15 is 0 Å². The summed E-state index contributed by atoms with van der Waals surface area (Å²) in [4.78, 5) is 17.0. The molecule has 0 aromatic heterocycles. The summed E-state index contributed by atoms with van der Waals surface area (Å²) in [6.07, 6.45) is 4.94. The van der Waals surface area contributed by atoms with Crippen molar-refractivity contribution in [2.45, 2.75) is 44.2 Å². The number of amides is 1. The first kappa shape index (κ1) is 15.2. The summed E-state index contributed by atoms with van der Waals surface area (Å²) in [5.74, 6) is 0.735. The summed E-state index contributed by atoms with van der Waals surface area (Å²) in [5, 5.41) is 9.07. The molecule has 3 aliphatic heterocycles. The predicted molar refractivity (Wildman–Crippen MR) is 89.1 cm³/mol. The Morgan fingerprint density at radius 1 is 1.04 bits per heavy atom. The van der Waals surface area contributed by atoms with Crippen LogP contribution in [0.15, 0.2) is 24.3 Å². The molecule has 3 heterocycles. The van der Waals surface area contributed by atoms with Crippen LogP contribution in [0.2, 0.25) is 0 Å². The number of rotatable bonds is 3. The number of fused-ring (bicyclic) bond motifs is 5. The average molecular weight is 314 g/mol. The maximum atomic E-state index is 12.3. The zero-order chi connectivity index (χ0) is 15.8. The highest BCUT2D eigenvalue weighted by Crippen LogP contribution is 2.33. The van der Waals surface area contributed by atoms with E-state index in [1.165, 1.54) is 17.5 Å². The molecule has 1 N–H and O–H groups in total. The number of carbonyl (C=O) groups excluding carboxylic acids is 1. The van der Waals surface area contributed by atoms with Crippen molar-refractivity contribution in [1.82, 2.24) is 9.80 Å². The van der Waals surface area contributed by atoms with Gasteiger partial charge in [0.1, 0.15) is 0 Å². The van der Waals surface area contributed by atoms with Crippen LogP contribution in [0, 0.1) is 5.92 Å². The Bertz CT molecular complexity index is 563. The lowest BCUT2D eigenvalue weighted by molar-refractivity contribution is -0.136. The fraction of sp³-hybridized carbons (Fsp3) is 0.632. The number of aliphatic hydroxyl groups excluding tert-OH is 1. The van der Waals surface area contributed by atoms with E-state index in [0.717, 1.165) is 38.9 Å². The van der Waals surface area contributed by atoms with E-state index in [1.807, 2.05) is 0 Å². The largest absolute Gasteiger partial charge is 0.396 e. The van der Waals surface area contributed by atoms with Gasteiger partial charge in [-0.2, -0.15) is 0 Å². The van der Waals surface area contributed by atoms with E-state index in [1.54, 1.807) is 0 Å². The number of piperidine rings is 1. The minimum atomic E-state index is -0.0334. The third-order valence-electron chi connectivity index (χ3n) is 5.93. The Balaban J connectivity index is 1.48. The summed E-state index contributed by atoms with van der Waals surface area (Å²) in [7, 11) is 0. The third kappa shape index (κ3) is 2.90. The third-order valence-corrected chi connectivity index (χ3v) is 5.93. The van der Waals surface area contributed by atoms with Crippen molar-refractivity contribution in [2.75, 3.05) is 26.2 Å². The van der Waals surface area contributed by atoms with Crippen molar-refractivity contribution >= 4 is 5.91 Å². The molecule has 3 saturated heterocycles. The van der Waals surface area contributed by atoms with Crippen LogP contribution < -0.4 is 0 Å². The lowest BCUT2D eigenvalue weighted by Crippen LogP contribution is -2.48. The molecule has 2 bridgehead atoms. The lowest BCUT2D eigenvalue weighted by atomic mass is 9.95. The van der Waals surface area contributed by atoms with Crippen LogP contribution in [0.4, 0.5) is 0 Å². The number of aliphatic hydroxyl groups is 1. The SMILES string of the molecule is O=C(CCO)N1C[C@@H]2CC[C@H]1CN(C1Cc3ccccc3C1)C2. The van der Waals surface area contributed by atoms with Crippen LogP contribution in [0.25, 0.3) is 0 Å². The summed E-state index contributed by atoms with van der Waals surface area (Å²) >= 11 is 0. The fourth-order valence-electron chi connectivity index (χ4n) is 4.75. The lowest BCUT2D eigenvalue weighted by Gasteiger charge is -2.36. The average Bonchev–Trinajstić information content (AvgIpc) is 2.78. The molecule has 1 aromatic rings. The maximum Gasteiger partial charge on any atom is 0.225 e. The zero-order valence-corrected chi connectivity index (χ0v) is 13.7. The molecule has 0 unspecified atom stereocenters. The molecule has 3 fully saturated rings. The van der Waals surface area contributed by atoms with Gasteiger partial charge in [0.05, 0.1) is 6.61 Å². The molecule has 4 heteroatoms. The number of nitrogens with zero attached hydrogens (tertiary/aromatic N) is 2. The molecule has 0 saturated carbocycles. The first-order chi connectivity index (χ1) is 11.2. The van der Waals surface area contributed by atoms with Gasteiger partial charge in [0, 0.05) is 38.1 Å². The van der Waals surface area contributed by atoms with E-state index in [4.69, 9.17) is 5.11 Å². The van der Waals surface area contributed by atoms with E-state index in [-0.39, 0.29) is 18.9 Å². The Kier molecular flexibility index (Phi) is 4.12. The van der Waals surface area contributed by atoms with Gasteiger partial charge in [-0.15, -0.1) is 0 Å². The van der Waals surface area contributed by atoms with Gasteiger partial charge in [0.15, 0.2) is 0 Å². The van der Waals surface area contributed by atoms with Crippen LogP contribution >= 0.6 is 0 Å². The summed E-state index contributed by atoms with van der Waals surface area (Å²) in [6, 6.07) is 9.75. The molecular weight excluding hydrogens is 288 g/mol. The highest BCUT2D eigenvalue weighted by Gasteiger charge is 2.39. The molecule has 0 radical (unpaired) electrons. The molecule has 4 aliphatic rings. The summed E-state index contributed by atoms with van der Waals surface area (Å²) < 4.78 is 0. The molecular formula is C19H26N2O2. The quantitative estimate of drug-likeness (QED) is 0.918. The Hall–Kier alpha value is -1.39. The van der Waals surface area contributed by atoms with Gasteiger partial charge in [-0.1, -0.05) is 24.3 Å². The Morgan fingerprint density at radius 3 is 2.48 bits per heavy atom. The van der Waals surface area contributed by atoms with Gasteiger partial charge in [-0.05, 0) is 42.7 Å². The zero-order valence-electron chi connectivity index (χ0n) is 13.7. The number of benzene rings is 1. The number of hydrogen-bond acceptors (Lipinski definition) is 3. The molecule has 2 atom stereocenters. The molecule has 23 heavy (non-hydrogen) atoms. The predicted octanol–water partition coefficient (Wildman–Crippen LogP) is 1.46. The van der Waals surface area contributed by atoms with E-state index in [2.05, 4.69) is 34.1 Å².